The van der Waals surface area contributed by atoms with Crippen LogP contribution >= 0.6 is 0 Å². The average Bonchev–Trinajstić information content (AvgIpc) is 2.30. The van der Waals surface area contributed by atoms with Gasteiger partial charge in [-0.15, -0.1) is 0 Å². The lowest BCUT2D eigenvalue weighted by Crippen LogP contribution is -2.21. The molecule has 0 spiro atoms. The Balaban J connectivity index is 2.14. The second-order valence-corrected chi connectivity index (χ2v) is 4.04. The van der Waals surface area contributed by atoms with Crippen molar-refractivity contribution in [3.8, 4) is 0 Å². The summed E-state index contributed by atoms with van der Waals surface area (Å²) in [5.74, 6) is 1.01. The van der Waals surface area contributed by atoms with Crippen molar-refractivity contribution in [2.75, 3.05) is 6.54 Å². The highest BCUT2D eigenvalue weighted by atomic mass is 19.1. The second kappa shape index (κ2) is 4.47. The molecule has 0 saturated heterocycles. The average molecular weight is 218 g/mol. The van der Waals surface area contributed by atoms with Crippen LogP contribution in [0.5, 0.6) is 0 Å². The van der Waals surface area contributed by atoms with Gasteiger partial charge in [-0.3, -0.25) is 4.99 Å². The van der Waals surface area contributed by atoms with Gasteiger partial charge in [0, 0.05) is 12.1 Å². The van der Waals surface area contributed by atoms with Gasteiger partial charge in [-0.2, -0.15) is 0 Å². The van der Waals surface area contributed by atoms with Crippen LogP contribution in [0.25, 0.3) is 0 Å². The van der Waals surface area contributed by atoms with Gasteiger partial charge in [0.1, 0.15) is 5.82 Å². The highest BCUT2D eigenvalue weighted by Crippen LogP contribution is 2.24. The van der Waals surface area contributed by atoms with Crippen molar-refractivity contribution < 1.29 is 4.39 Å². The van der Waals surface area contributed by atoms with E-state index >= 15 is 0 Å². The van der Waals surface area contributed by atoms with Crippen LogP contribution in [0.1, 0.15) is 25.3 Å². The Morgan fingerprint density at radius 1 is 1.31 bits per heavy atom. The lowest BCUT2D eigenvalue weighted by atomic mass is 9.93. The van der Waals surface area contributed by atoms with E-state index in [2.05, 4.69) is 17.2 Å². The summed E-state index contributed by atoms with van der Waals surface area (Å²) in [6.07, 6.45) is 2.00. The maximum absolute atomic E-state index is 12.8. The Labute approximate surface area is 94.9 Å². The van der Waals surface area contributed by atoms with Gasteiger partial charge in [0.15, 0.2) is 0 Å². The first-order valence-electron chi connectivity index (χ1n) is 5.39. The van der Waals surface area contributed by atoms with E-state index in [0.717, 1.165) is 17.9 Å². The molecule has 2 nitrogen and oxygen atoms in total. The summed E-state index contributed by atoms with van der Waals surface area (Å²) in [5.41, 5.74) is 2.33. The third-order valence-corrected chi connectivity index (χ3v) is 2.89. The van der Waals surface area contributed by atoms with E-state index < -0.39 is 0 Å². The van der Waals surface area contributed by atoms with Crippen LogP contribution < -0.4 is 5.32 Å². The minimum Gasteiger partial charge on any atom is -0.351 e. The zero-order valence-electron chi connectivity index (χ0n) is 9.50. The first kappa shape index (κ1) is 10.9. The predicted molar refractivity (Wildman–Crippen MR) is 64.0 cm³/mol. The van der Waals surface area contributed by atoms with Gasteiger partial charge in [-0.05, 0) is 30.2 Å². The summed E-state index contributed by atoms with van der Waals surface area (Å²) in [6.45, 7) is 4.77. The fourth-order valence-corrected chi connectivity index (χ4v) is 1.73. The number of aliphatic imine (C=N–C) groups is 1. The molecular formula is C13H15FN2. The Kier molecular flexibility index (Phi) is 3.04. The molecule has 1 unspecified atom stereocenters. The van der Waals surface area contributed by atoms with Crippen molar-refractivity contribution >= 4 is 5.84 Å². The third kappa shape index (κ3) is 2.30. The number of rotatable bonds is 2. The number of nitrogens with one attached hydrogen (secondary N) is 1. The number of halogens is 1. The van der Waals surface area contributed by atoms with Crippen molar-refractivity contribution in [1.29, 1.82) is 0 Å². The summed E-state index contributed by atoms with van der Waals surface area (Å²) >= 11 is 0. The fraction of sp³-hybridized carbons (Fsp3) is 0.308. The lowest BCUT2D eigenvalue weighted by molar-refractivity contribution is 0.626. The standard InChI is InChI=1S/C13H15FN2/c1-9(11-3-5-13(14)6-4-11)12-7-15-10(2)16-8-12/h3-7,9H,8H2,1-2H3,(H,15,16). The van der Waals surface area contributed by atoms with Gasteiger partial charge in [-0.25, -0.2) is 4.39 Å². The molecule has 1 N–H and O–H groups in total. The topological polar surface area (TPSA) is 24.4 Å². The molecule has 1 aromatic rings. The molecule has 0 aromatic heterocycles. The van der Waals surface area contributed by atoms with E-state index in [4.69, 9.17) is 0 Å². The van der Waals surface area contributed by atoms with Gasteiger partial charge in [0.2, 0.25) is 0 Å². The number of hydrogen-bond acceptors (Lipinski definition) is 2. The summed E-state index contributed by atoms with van der Waals surface area (Å²) in [4.78, 5) is 4.34. The molecule has 16 heavy (non-hydrogen) atoms. The maximum Gasteiger partial charge on any atom is 0.123 e. The highest BCUT2D eigenvalue weighted by molar-refractivity contribution is 5.81. The van der Waals surface area contributed by atoms with Crippen molar-refractivity contribution in [2.45, 2.75) is 19.8 Å². The molecule has 0 amide bonds. The first-order valence-corrected chi connectivity index (χ1v) is 5.39. The Hall–Kier alpha value is -1.64. The van der Waals surface area contributed by atoms with Crippen LogP contribution in [0, 0.1) is 5.82 Å². The second-order valence-electron chi connectivity index (χ2n) is 4.04. The molecule has 1 aliphatic rings. The molecule has 1 heterocycles. The van der Waals surface area contributed by atoms with E-state index in [1.54, 1.807) is 0 Å². The van der Waals surface area contributed by atoms with Crippen molar-refractivity contribution in [2.24, 2.45) is 4.99 Å². The molecule has 1 atom stereocenters. The van der Waals surface area contributed by atoms with Gasteiger partial charge in [-0.1, -0.05) is 19.1 Å². The van der Waals surface area contributed by atoms with Gasteiger partial charge >= 0.3 is 0 Å². The first-order chi connectivity index (χ1) is 7.66. The van der Waals surface area contributed by atoms with E-state index in [0.29, 0.717) is 0 Å². The summed E-state index contributed by atoms with van der Waals surface area (Å²) < 4.78 is 12.8. The lowest BCUT2D eigenvalue weighted by Gasteiger charge is -2.19. The van der Waals surface area contributed by atoms with Crippen LogP contribution in [0.3, 0.4) is 0 Å². The SMILES string of the molecule is CC1=NCC(C(C)c2ccc(F)cc2)=CN1. The summed E-state index contributed by atoms with van der Waals surface area (Å²) in [5, 5.41) is 3.11. The number of benzene rings is 1. The van der Waals surface area contributed by atoms with E-state index in [1.807, 2.05) is 25.3 Å². The van der Waals surface area contributed by atoms with Crippen LogP contribution in [-0.2, 0) is 0 Å². The number of amidine groups is 1. The molecule has 0 saturated carbocycles. The molecule has 1 aliphatic heterocycles. The minimum atomic E-state index is -0.194. The molecule has 84 valence electrons. The Morgan fingerprint density at radius 3 is 2.56 bits per heavy atom. The van der Waals surface area contributed by atoms with Crippen LogP contribution in [0.4, 0.5) is 4.39 Å². The number of hydrogen-bond donors (Lipinski definition) is 1. The Morgan fingerprint density at radius 2 is 2.00 bits per heavy atom. The van der Waals surface area contributed by atoms with Gasteiger partial charge in [0.25, 0.3) is 0 Å². The molecular weight excluding hydrogens is 203 g/mol. The van der Waals surface area contributed by atoms with Crippen molar-refractivity contribution in [1.82, 2.24) is 5.32 Å². The van der Waals surface area contributed by atoms with Crippen LogP contribution in [-0.4, -0.2) is 12.4 Å². The number of nitrogens with zero attached hydrogens (tertiary/aromatic N) is 1. The summed E-state index contributed by atoms with van der Waals surface area (Å²) in [6, 6.07) is 6.65. The molecule has 3 heteroatoms. The minimum absolute atomic E-state index is 0.194. The molecule has 2 rings (SSSR count). The van der Waals surface area contributed by atoms with Gasteiger partial charge < -0.3 is 5.32 Å². The van der Waals surface area contributed by atoms with Crippen molar-refractivity contribution in [3.63, 3.8) is 0 Å². The quantitative estimate of drug-likeness (QED) is 0.811. The maximum atomic E-state index is 12.8. The largest absolute Gasteiger partial charge is 0.351 e. The Bertz CT molecular complexity index is 432. The fourth-order valence-electron chi connectivity index (χ4n) is 1.73. The molecule has 0 bridgehead atoms. The highest BCUT2D eigenvalue weighted by Gasteiger charge is 2.13. The van der Waals surface area contributed by atoms with Gasteiger partial charge in [0.05, 0.1) is 12.4 Å². The smallest absolute Gasteiger partial charge is 0.123 e. The van der Waals surface area contributed by atoms with Crippen molar-refractivity contribution in [3.05, 3.63) is 47.4 Å². The summed E-state index contributed by atoms with van der Waals surface area (Å²) in [7, 11) is 0. The van der Waals surface area contributed by atoms with E-state index in [9.17, 15) is 4.39 Å². The van der Waals surface area contributed by atoms with E-state index in [-0.39, 0.29) is 11.7 Å². The molecule has 1 aromatic carbocycles. The molecule has 0 aliphatic carbocycles. The van der Waals surface area contributed by atoms with Crippen LogP contribution in [0.2, 0.25) is 0 Å². The molecule has 0 fully saturated rings. The zero-order valence-corrected chi connectivity index (χ0v) is 9.50. The third-order valence-electron chi connectivity index (χ3n) is 2.89. The monoisotopic (exact) mass is 218 g/mol. The normalized spacial score (nSPS) is 17.2. The van der Waals surface area contributed by atoms with E-state index in [1.165, 1.54) is 17.7 Å². The van der Waals surface area contributed by atoms with Crippen LogP contribution in [0.15, 0.2) is 41.0 Å². The molecule has 0 radical (unpaired) electrons. The zero-order chi connectivity index (χ0) is 11.5. The predicted octanol–water partition coefficient (Wildman–Crippen LogP) is 2.83.